The molecule has 1 fully saturated rings. The topological polar surface area (TPSA) is 61.4 Å². The van der Waals surface area contributed by atoms with Gasteiger partial charge in [-0.25, -0.2) is 9.97 Å². The molecule has 0 bridgehead atoms. The Kier molecular flexibility index (Phi) is 5.81. The molecule has 1 aliphatic rings. The molecule has 2 aromatic heterocycles. The molecule has 0 unspecified atom stereocenters. The van der Waals surface area contributed by atoms with Gasteiger partial charge >= 0.3 is 0 Å². The molecule has 0 radical (unpaired) electrons. The highest BCUT2D eigenvalue weighted by Gasteiger charge is 2.19. The molecule has 160 valence electrons. The SMILES string of the molecule is O=C(Nc1cnc(N2CCN(c3ccccc3)CC2)nc1)c1ccc(-c2cccs2)cc1. The van der Waals surface area contributed by atoms with Gasteiger partial charge in [0.2, 0.25) is 5.95 Å². The average Bonchev–Trinajstić information content (AvgIpc) is 3.40. The maximum atomic E-state index is 12.6. The van der Waals surface area contributed by atoms with E-state index in [4.69, 9.17) is 0 Å². The summed E-state index contributed by atoms with van der Waals surface area (Å²) in [7, 11) is 0. The number of aromatic nitrogens is 2. The Morgan fingerprint density at radius 3 is 2.16 bits per heavy atom. The Bertz CT molecular complexity index is 1150. The summed E-state index contributed by atoms with van der Waals surface area (Å²) in [5, 5.41) is 4.93. The van der Waals surface area contributed by atoms with Gasteiger partial charge in [0.1, 0.15) is 0 Å². The Morgan fingerprint density at radius 2 is 1.50 bits per heavy atom. The summed E-state index contributed by atoms with van der Waals surface area (Å²) in [4.78, 5) is 27.3. The predicted molar refractivity (Wildman–Crippen MR) is 131 cm³/mol. The van der Waals surface area contributed by atoms with E-state index in [1.165, 1.54) is 10.6 Å². The third-order valence-electron chi connectivity index (χ3n) is 5.53. The van der Waals surface area contributed by atoms with Gasteiger partial charge in [-0.15, -0.1) is 11.3 Å². The zero-order valence-electron chi connectivity index (χ0n) is 17.5. The van der Waals surface area contributed by atoms with Crippen molar-refractivity contribution in [3.8, 4) is 10.4 Å². The van der Waals surface area contributed by atoms with Crippen LogP contribution >= 0.6 is 11.3 Å². The summed E-state index contributed by atoms with van der Waals surface area (Å²) in [6, 6.07) is 22.1. The van der Waals surface area contributed by atoms with Crippen molar-refractivity contribution < 1.29 is 4.79 Å². The molecule has 7 heteroatoms. The monoisotopic (exact) mass is 441 g/mol. The average molecular weight is 442 g/mol. The van der Waals surface area contributed by atoms with Gasteiger partial charge in [0.05, 0.1) is 18.1 Å². The molecular formula is C25H23N5OS. The normalized spacial score (nSPS) is 13.8. The van der Waals surface area contributed by atoms with E-state index in [0.29, 0.717) is 17.2 Å². The molecule has 0 aliphatic carbocycles. The van der Waals surface area contributed by atoms with Crippen LogP contribution in [0, 0.1) is 0 Å². The van der Waals surface area contributed by atoms with Crippen LogP contribution in [0.15, 0.2) is 84.5 Å². The molecule has 0 spiro atoms. The highest BCUT2D eigenvalue weighted by atomic mass is 32.1. The minimum Gasteiger partial charge on any atom is -0.368 e. The molecule has 2 aromatic carbocycles. The molecule has 32 heavy (non-hydrogen) atoms. The molecule has 1 saturated heterocycles. The lowest BCUT2D eigenvalue weighted by molar-refractivity contribution is 0.102. The van der Waals surface area contributed by atoms with E-state index in [0.717, 1.165) is 31.7 Å². The lowest BCUT2D eigenvalue weighted by atomic mass is 10.1. The number of para-hydroxylation sites is 1. The second kappa shape index (κ2) is 9.20. The first-order valence-corrected chi connectivity index (χ1v) is 11.5. The first-order valence-electron chi connectivity index (χ1n) is 10.6. The molecular weight excluding hydrogens is 418 g/mol. The maximum Gasteiger partial charge on any atom is 0.255 e. The molecule has 1 aliphatic heterocycles. The fourth-order valence-corrected chi connectivity index (χ4v) is 4.52. The number of carbonyl (C=O) groups excluding carboxylic acids is 1. The van der Waals surface area contributed by atoms with Crippen molar-refractivity contribution >= 4 is 34.6 Å². The summed E-state index contributed by atoms with van der Waals surface area (Å²) in [6.07, 6.45) is 3.34. The Balaban J connectivity index is 1.18. The molecule has 3 heterocycles. The number of thiophene rings is 1. The fraction of sp³-hybridized carbons (Fsp3) is 0.160. The van der Waals surface area contributed by atoms with Crippen molar-refractivity contribution in [3.63, 3.8) is 0 Å². The predicted octanol–water partition coefficient (Wildman–Crippen LogP) is 4.78. The number of benzene rings is 2. The first kappa shape index (κ1) is 20.2. The van der Waals surface area contributed by atoms with Crippen LogP contribution in [0.25, 0.3) is 10.4 Å². The number of rotatable bonds is 5. The van der Waals surface area contributed by atoms with Gasteiger partial charge < -0.3 is 15.1 Å². The number of hydrogen-bond acceptors (Lipinski definition) is 6. The van der Waals surface area contributed by atoms with Crippen molar-refractivity contribution in [2.75, 3.05) is 41.3 Å². The van der Waals surface area contributed by atoms with Crippen LogP contribution < -0.4 is 15.1 Å². The van der Waals surface area contributed by atoms with Crippen LogP contribution in [0.3, 0.4) is 0 Å². The standard InChI is InChI=1S/C25H23N5OS/c31-24(20-10-8-19(9-11-20)23-7-4-16-32-23)28-21-17-26-25(27-18-21)30-14-12-29(13-15-30)22-5-2-1-3-6-22/h1-11,16-18H,12-15H2,(H,28,31). The van der Waals surface area contributed by atoms with Crippen molar-refractivity contribution in [1.82, 2.24) is 9.97 Å². The van der Waals surface area contributed by atoms with Crippen LogP contribution in [0.1, 0.15) is 10.4 Å². The minimum atomic E-state index is -0.171. The first-order chi connectivity index (χ1) is 15.8. The summed E-state index contributed by atoms with van der Waals surface area (Å²) < 4.78 is 0. The van der Waals surface area contributed by atoms with Crippen molar-refractivity contribution in [2.45, 2.75) is 0 Å². The van der Waals surface area contributed by atoms with Crippen molar-refractivity contribution in [3.05, 3.63) is 90.1 Å². The van der Waals surface area contributed by atoms with Gasteiger partial charge in [-0.05, 0) is 41.3 Å². The number of nitrogens with zero attached hydrogens (tertiary/aromatic N) is 4. The number of nitrogens with one attached hydrogen (secondary N) is 1. The van der Waals surface area contributed by atoms with Crippen LogP contribution in [0.2, 0.25) is 0 Å². The Labute approximate surface area is 191 Å². The van der Waals surface area contributed by atoms with E-state index in [2.05, 4.69) is 55.4 Å². The number of piperazine rings is 1. The minimum absolute atomic E-state index is 0.171. The van der Waals surface area contributed by atoms with Gasteiger partial charge in [-0.3, -0.25) is 4.79 Å². The lowest BCUT2D eigenvalue weighted by Gasteiger charge is -2.36. The van der Waals surface area contributed by atoms with Gasteiger partial charge in [-0.2, -0.15) is 0 Å². The number of hydrogen-bond donors (Lipinski definition) is 1. The Hall–Kier alpha value is -3.71. The Morgan fingerprint density at radius 1 is 0.812 bits per heavy atom. The number of amides is 1. The molecule has 1 N–H and O–H groups in total. The number of carbonyl (C=O) groups is 1. The van der Waals surface area contributed by atoms with Gasteiger partial charge in [0.15, 0.2) is 0 Å². The van der Waals surface area contributed by atoms with Gasteiger partial charge in [0, 0.05) is 42.3 Å². The second-order valence-electron chi connectivity index (χ2n) is 7.59. The third-order valence-corrected chi connectivity index (χ3v) is 6.45. The van der Waals surface area contributed by atoms with Gasteiger partial charge in [-0.1, -0.05) is 36.4 Å². The van der Waals surface area contributed by atoms with Gasteiger partial charge in [0.25, 0.3) is 5.91 Å². The zero-order chi connectivity index (χ0) is 21.8. The van der Waals surface area contributed by atoms with E-state index < -0.39 is 0 Å². The molecule has 0 atom stereocenters. The van der Waals surface area contributed by atoms with E-state index in [-0.39, 0.29) is 5.91 Å². The van der Waals surface area contributed by atoms with Crippen LogP contribution in [-0.2, 0) is 0 Å². The molecule has 4 aromatic rings. The summed E-state index contributed by atoms with van der Waals surface area (Å²) in [5.74, 6) is 0.520. The fourth-order valence-electron chi connectivity index (χ4n) is 3.78. The summed E-state index contributed by atoms with van der Waals surface area (Å²) >= 11 is 1.68. The van der Waals surface area contributed by atoms with E-state index in [1.807, 2.05) is 41.8 Å². The van der Waals surface area contributed by atoms with Crippen LogP contribution in [0.5, 0.6) is 0 Å². The van der Waals surface area contributed by atoms with Crippen molar-refractivity contribution in [1.29, 1.82) is 0 Å². The zero-order valence-corrected chi connectivity index (χ0v) is 18.3. The maximum absolute atomic E-state index is 12.6. The molecule has 5 rings (SSSR count). The summed E-state index contributed by atoms with van der Waals surface area (Å²) in [5.41, 5.74) is 3.54. The second-order valence-corrected chi connectivity index (χ2v) is 8.54. The highest BCUT2D eigenvalue weighted by molar-refractivity contribution is 7.13. The lowest BCUT2D eigenvalue weighted by Crippen LogP contribution is -2.47. The smallest absolute Gasteiger partial charge is 0.255 e. The van der Waals surface area contributed by atoms with Crippen LogP contribution in [0.4, 0.5) is 17.3 Å². The third kappa shape index (κ3) is 4.48. The summed E-state index contributed by atoms with van der Waals surface area (Å²) in [6.45, 7) is 3.56. The molecule has 0 saturated carbocycles. The van der Waals surface area contributed by atoms with E-state index in [9.17, 15) is 4.79 Å². The highest BCUT2D eigenvalue weighted by Crippen LogP contribution is 2.25. The van der Waals surface area contributed by atoms with E-state index >= 15 is 0 Å². The number of anilines is 3. The molecule has 1 amide bonds. The quantitative estimate of drug-likeness (QED) is 0.483. The largest absolute Gasteiger partial charge is 0.368 e. The van der Waals surface area contributed by atoms with Crippen LogP contribution in [-0.4, -0.2) is 42.1 Å². The van der Waals surface area contributed by atoms with Crippen molar-refractivity contribution in [2.24, 2.45) is 0 Å². The van der Waals surface area contributed by atoms with E-state index in [1.54, 1.807) is 23.7 Å². The molecule has 6 nitrogen and oxygen atoms in total.